The van der Waals surface area contributed by atoms with Crippen LogP contribution >= 0.6 is 27.7 Å². The van der Waals surface area contributed by atoms with Gasteiger partial charge < -0.3 is 10.5 Å². The molecule has 1 amide bonds. The van der Waals surface area contributed by atoms with E-state index in [2.05, 4.69) is 27.6 Å². The van der Waals surface area contributed by atoms with Gasteiger partial charge in [0, 0.05) is 4.90 Å². The molecule has 0 aliphatic carbocycles. The standard InChI is InChI=1S/C8H8BrFS.C5H11NO2/c1-2-11-6-3-4-8(10)7(9)5-6;1-5(2,3)8-4(6)7/h3-5H,2H2,1H3;1-3H3,(H2,6,7). The summed E-state index contributed by atoms with van der Waals surface area (Å²) >= 11 is 4.83. The molecule has 0 spiro atoms. The van der Waals surface area contributed by atoms with E-state index in [9.17, 15) is 9.18 Å². The number of hydrogen-bond acceptors (Lipinski definition) is 3. The van der Waals surface area contributed by atoms with E-state index < -0.39 is 11.7 Å². The minimum atomic E-state index is -0.725. The topological polar surface area (TPSA) is 52.3 Å². The first-order valence-corrected chi connectivity index (χ1v) is 7.50. The van der Waals surface area contributed by atoms with Crippen molar-refractivity contribution in [1.29, 1.82) is 0 Å². The fraction of sp³-hybridized carbons (Fsp3) is 0.462. The largest absolute Gasteiger partial charge is 0.444 e. The van der Waals surface area contributed by atoms with Crippen LogP contribution in [-0.4, -0.2) is 17.4 Å². The number of carbonyl (C=O) groups is 1. The van der Waals surface area contributed by atoms with Crippen LogP contribution in [0.25, 0.3) is 0 Å². The first kappa shape index (κ1) is 18.2. The highest BCUT2D eigenvalue weighted by Gasteiger charge is 2.12. The number of ether oxygens (including phenoxy) is 1. The average Bonchev–Trinajstić information content (AvgIpc) is 2.21. The lowest BCUT2D eigenvalue weighted by molar-refractivity contribution is 0.0600. The van der Waals surface area contributed by atoms with Crippen molar-refractivity contribution in [3.63, 3.8) is 0 Å². The van der Waals surface area contributed by atoms with Crippen LogP contribution < -0.4 is 5.73 Å². The zero-order valence-electron chi connectivity index (χ0n) is 11.5. The lowest BCUT2D eigenvalue weighted by atomic mass is 10.2. The van der Waals surface area contributed by atoms with E-state index in [0.29, 0.717) is 4.47 Å². The van der Waals surface area contributed by atoms with Crippen LogP contribution in [0.4, 0.5) is 9.18 Å². The molecule has 2 N–H and O–H groups in total. The van der Waals surface area contributed by atoms with Gasteiger partial charge in [0.15, 0.2) is 0 Å². The van der Waals surface area contributed by atoms with Crippen molar-refractivity contribution < 1.29 is 13.9 Å². The molecule has 6 heteroatoms. The number of primary amides is 1. The first-order valence-electron chi connectivity index (χ1n) is 5.72. The first-order chi connectivity index (χ1) is 8.65. The fourth-order valence-electron chi connectivity index (χ4n) is 1.04. The normalized spacial score (nSPS) is 10.4. The molecule has 0 radical (unpaired) electrons. The Morgan fingerprint density at radius 1 is 1.47 bits per heavy atom. The number of hydrogen-bond donors (Lipinski definition) is 1. The Morgan fingerprint density at radius 3 is 2.37 bits per heavy atom. The molecule has 108 valence electrons. The van der Waals surface area contributed by atoms with Crippen LogP contribution in [0.1, 0.15) is 27.7 Å². The number of carbonyl (C=O) groups excluding carboxylic acids is 1. The molecule has 19 heavy (non-hydrogen) atoms. The number of halogens is 2. The zero-order chi connectivity index (χ0) is 15.1. The third-order valence-corrected chi connectivity index (χ3v) is 3.09. The summed E-state index contributed by atoms with van der Waals surface area (Å²) < 4.78 is 17.8. The van der Waals surface area contributed by atoms with E-state index in [-0.39, 0.29) is 5.82 Å². The number of benzene rings is 1. The molecule has 0 saturated heterocycles. The van der Waals surface area contributed by atoms with Crippen LogP contribution in [0.5, 0.6) is 0 Å². The van der Waals surface area contributed by atoms with Crippen LogP contribution in [-0.2, 0) is 4.74 Å². The van der Waals surface area contributed by atoms with E-state index >= 15 is 0 Å². The van der Waals surface area contributed by atoms with Crippen molar-refractivity contribution in [2.45, 2.75) is 38.2 Å². The molecular weight excluding hydrogens is 333 g/mol. The zero-order valence-corrected chi connectivity index (χ0v) is 13.9. The van der Waals surface area contributed by atoms with Gasteiger partial charge in [-0.3, -0.25) is 0 Å². The molecule has 1 rings (SSSR count). The molecule has 0 aromatic heterocycles. The Kier molecular flexibility index (Phi) is 8.09. The quantitative estimate of drug-likeness (QED) is 0.793. The minimum Gasteiger partial charge on any atom is -0.444 e. The Balaban J connectivity index is 0.000000362. The number of amides is 1. The lowest BCUT2D eigenvalue weighted by Gasteiger charge is -2.16. The number of rotatable bonds is 2. The third-order valence-electron chi connectivity index (χ3n) is 1.61. The summed E-state index contributed by atoms with van der Waals surface area (Å²) in [7, 11) is 0. The van der Waals surface area contributed by atoms with Gasteiger partial charge in [-0.1, -0.05) is 6.92 Å². The molecule has 0 bridgehead atoms. The molecule has 3 nitrogen and oxygen atoms in total. The predicted octanol–water partition coefficient (Wildman–Crippen LogP) is 4.58. The van der Waals surface area contributed by atoms with Gasteiger partial charge in [0.05, 0.1) is 4.47 Å². The summed E-state index contributed by atoms with van der Waals surface area (Å²) in [5, 5.41) is 0. The summed E-state index contributed by atoms with van der Waals surface area (Å²) in [6, 6.07) is 5.06. The summed E-state index contributed by atoms with van der Waals surface area (Å²) in [5.74, 6) is 0.809. The van der Waals surface area contributed by atoms with Gasteiger partial charge in [-0.25, -0.2) is 9.18 Å². The maximum Gasteiger partial charge on any atom is 0.405 e. The van der Waals surface area contributed by atoms with Gasteiger partial charge in [-0.05, 0) is 60.7 Å². The smallest absolute Gasteiger partial charge is 0.405 e. The van der Waals surface area contributed by atoms with Gasteiger partial charge >= 0.3 is 6.09 Å². The molecule has 0 aliphatic rings. The molecule has 0 unspecified atom stereocenters. The maximum absolute atomic E-state index is 12.7. The lowest BCUT2D eigenvalue weighted by Crippen LogP contribution is -2.27. The second-order valence-corrected chi connectivity index (χ2v) is 6.73. The molecule has 0 aliphatic heterocycles. The summed E-state index contributed by atoms with van der Waals surface area (Å²) in [6.07, 6.45) is -0.725. The second kappa shape index (κ2) is 8.43. The summed E-state index contributed by atoms with van der Waals surface area (Å²) in [6.45, 7) is 7.36. The Hall–Kier alpha value is -0.750. The molecule has 1 aromatic carbocycles. The van der Waals surface area contributed by atoms with Gasteiger partial charge in [-0.2, -0.15) is 0 Å². The second-order valence-electron chi connectivity index (χ2n) is 4.54. The van der Waals surface area contributed by atoms with Crippen molar-refractivity contribution in [3.05, 3.63) is 28.5 Å². The Bertz CT molecular complexity index is 422. The highest BCUT2D eigenvalue weighted by molar-refractivity contribution is 9.10. The third kappa shape index (κ3) is 9.78. The van der Waals surface area contributed by atoms with Gasteiger partial charge in [0.25, 0.3) is 0 Å². The number of nitrogens with two attached hydrogens (primary N) is 1. The van der Waals surface area contributed by atoms with Crippen molar-refractivity contribution in [1.82, 2.24) is 0 Å². The van der Waals surface area contributed by atoms with Crippen LogP contribution in [0, 0.1) is 5.82 Å². The number of thioether (sulfide) groups is 1. The monoisotopic (exact) mass is 351 g/mol. The highest BCUT2D eigenvalue weighted by Crippen LogP contribution is 2.23. The Morgan fingerprint density at radius 2 is 2.05 bits per heavy atom. The van der Waals surface area contributed by atoms with Crippen LogP contribution in [0.2, 0.25) is 0 Å². The highest BCUT2D eigenvalue weighted by atomic mass is 79.9. The SMILES string of the molecule is CC(C)(C)OC(N)=O.CCSc1ccc(F)c(Br)c1. The van der Waals surface area contributed by atoms with Gasteiger partial charge in [0.2, 0.25) is 0 Å². The molecule has 0 saturated carbocycles. The van der Waals surface area contributed by atoms with Crippen molar-refractivity contribution in [2.24, 2.45) is 5.73 Å². The fourth-order valence-corrected chi connectivity index (χ4v) is 2.26. The molecular formula is C13H19BrFNO2S. The van der Waals surface area contributed by atoms with E-state index in [4.69, 9.17) is 5.73 Å². The van der Waals surface area contributed by atoms with E-state index in [1.54, 1.807) is 44.7 Å². The maximum atomic E-state index is 12.7. The summed E-state index contributed by atoms with van der Waals surface area (Å²) in [5.41, 5.74) is 4.26. The van der Waals surface area contributed by atoms with Gasteiger partial charge in [-0.15, -0.1) is 11.8 Å². The summed E-state index contributed by atoms with van der Waals surface area (Å²) in [4.78, 5) is 11.1. The Labute approximate surface area is 126 Å². The van der Waals surface area contributed by atoms with Crippen molar-refractivity contribution >= 4 is 33.8 Å². The van der Waals surface area contributed by atoms with E-state index in [0.717, 1.165) is 10.6 Å². The van der Waals surface area contributed by atoms with Crippen molar-refractivity contribution in [2.75, 3.05) is 5.75 Å². The van der Waals surface area contributed by atoms with E-state index in [1.807, 2.05) is 0 Å². The molecule has 1 aromatic rings. The minimum absolute atomic E-state index is 0.203. The van der Waals surface area contributed by atoms with Crippen molar-refractivity contribution in [3.8, 4) is 0 Å². The van der Waals surface area contributed by atoms with E-state index in [1.165, 1.54) is 6.07 Å². The van der Waals surface area contributed by atoms with Crippen LogP contribution in [0.15, 0.2) is 27.6 Å². The van der Waals surface area contributed by atoms with Gasteiger partial charge in [0.1, 0.15) is 11.4 Å². The average molecular weight is 352 g/mol. The molecule has 0 heterocycles. The molecule has 0 fully saturated rings. The predicted molar refractivity (Wildman–Crippen MR) is 80.9 cm³/mol. The van der Waals surface area contributed by atoms with Crippen LogP contribution in [0.3, 0.4) is 0 Å². The molecule has 0 atom stereocenters.